The van der Waals surface area contributed by atoms with Crippen LogP contribution in [-0.2, 0) is 11.3 Å². The summed E-state index contributed by atoms with van der Waals surface area (Å²) in [6.45, 7) is 2.27. The first kappa shape index (κ1) is 12.3. The van der Waals surface area contributed by atoms with E-state index in [9.17, 15) is 4.79 Å². The van der Waals surface area contributed by atoms with Crippen molar-refractivity contribution in [3.63, 3.8) is 0 Å². The van der Waals surface area contributed by atoms with Crippen molar-refractivity contribution < 1.29 is 4.74 Å². The van der Waals surface area contributed by atoms with Gasteiger partial charge in [-0.25, -0.2) is 0 Å². The maximum atomic E-state index is 11.5. The molecule has 0 spiro atoms. The third-order valence-corrected chi connectivity index (χ3v) is 2.42. The predicted molar refractivity (Wildman–Crippen MR) is 67.5 cm³/mol. The van der Waals surface area contributed by atoms with Gasteiger partial charge < -0.3 is 4.74 Å². The van der Waals surface area contributed by atoms with E-state index in [1.807, 2.05) is 31.2 Å². The highest BCUT2D eigenvalue weighted by molar-refractivity contribution is 5.42. The van der Waals surface area contributed by atoms with Crippen LogP contribution in [0.2, 0.25) is 0 Å². The van der Waals surface area contributed by atoms with Crippen LogP contribution in [0.1, 0.15) is 11.3 Å². The van der Waals surface area contributed by atoms with Crippen LogP contribution < -0.4 is 5.56 Å². The number of nitrogens with zero attached hydrogens (tertiary/aromatic N) is 2. The standard InChI is InChI=1S/C12H14N4O2/c1-8-3-5-9(6-4-8)13-15-11-10(7-18-2)14-16-12(11)17/h3-6H,7H2,1-2H3,(H2,14,16,17). The lowest BCUT2D eigenvalue weighted by molar-refractivity contribution is 0.182. The molecule has 2 rings (SSSR count). The third kappa shape index (κ3) is 2.72. The van der Waals surface area contributed by atoms with Gasteiger partial charge in [-0.3, -0.25) is 15.0 Å². The number of methoxy groups -OCH3 is 1. The zero-order valence-corrected chi connectivity index (χ0v) is 10.2. The van der Waals surface area contributed by atoms with Crippen LogP contribution in [0.4, 0.5) is 11.4 Å². The summed E-state index contributed by atoms with van der Waals surface area (Å²) < 4.78 is 4.96. The highest BCUT2D eigenvalue weighted by Crippen LogP contribution is 2.18. The second kappa shape index (κ2) is 5.42. The van der Waals surface area contributed by atoms with E-state index in [1.54, 1.807) is 7.11 Å². The highest BCUT2D eigenvalue weighted by atomic mass is 16.5. The first-order valence-corrected chi connectivity index (χ1v) is 5.47. The maximum Gasteiger partial charge on any atom is 0.292 e. The molecule has 0 bridgehead atoms. The van der Waals surface area contributed by atoms with Crippen LogP contribution in [0.3, 0.4) is 0 Å². The molecular weight excluding hydrogens is 232 g/mol. The summed E-state index contributed by atoms with van der Waals surface area (Å²) in [5.74, 6) is 0. The van der Waals surface area contributed by atoms with E-state index in [0.29, 0.717) is 11.4 Å². The van der Waals surface area contributed by atoms with Crippen LogP contribution >= 0.6 is 0 Å². The molecule has 2 N–H and O–H groups in total. The van der Waals surface area contributed by atoms with Gasteiger partial charge in [0.1, 0.15) is 0 Å². The van der Waals surface area contributed by atoms with Gasteiger partial charge in [-0.2, -0.15) is 5.11 Å². The molecule has 0 unspecified atom stereocenters. The van der Waals surface area contributed by atoms with Gasteiger partial charge in [0.05, 0.1) is 18.0 Å². The number of aryl methyl sites for hydroxylation is 1. The molecule has 0 aliphatic carbocycles. The van der Waals surface area contributed by atoms with Crippen LogP contribution in [0.15, 0.2) is 39.3 Å². The Morgan fingerprint density at radius 2 is 1.89 bits per heavy atom. The zero-order chi connectivity index (χ0) is 13.0. The Morgan fingerprint density at radius 3 is 2.56 bits per heavy atom. The molecule has 0 aliphatic heterocycles. The molecule has 6 heteroatoms. The van der Waals surface area contributed by atoms with Crippen LogP contribution in [0.25, 0.3) is 0 Å². The minimum Gasteiger partial charge on any atom is -0.378 e. The fourth-order valence-electron chi connectivity index (χ4n) is 1.46. The Labute approximate surface area is 104 Å². The predicted octanol–water partition coefficient (Wildman–Crippen LogP) is 2.57. The lowest BCUT2D eigenvalue weighted by Crippen LogP contribution is -1.97. The molecule has 1 aromatic heterocycles. The fourth-order valence-corrected chi connectivity index (χ4v) is 1.46. The second-order valence-corrected chi connectivity index (χ2v) is 3.87. The maximum absolute atomic E-state index is 11.5. The molecule has 1 aromatic carbocycles. The number of rotatable bonds is 4. The molecule has 2 aromatic rings. The van der Waals surface area contributed by atoms with Crippen LogP contribution in [-0.4, -0.2) is 17.3 Å². The highest BCUT2D eigenvalue weighted by Gasteiger charge is 2.08. The summed E-state index contributed by atoms with van der Waals surface area (Å²) in [4.78, 5) is 11.5. The summed E-state index contributed by atoms with van der Waals surface area (Å²) >= 11 is 0. The summed E-state index contributed by atoms with van der Waals surface area (Å²) in [6, 6.07) is 7.56. The monoisotopic (exact) mass is 246 g/mol. The molecule has 0 radical (unpaired) electrons. The molecule has 1 heterocycles. The summed E-state index contributed by atoms with van der Waals surface area (Å²) in [5.41, 5.74) is 2.37. The number of ether oxygens (including phenoxy) is 1. The molecule has 6 nitrogen and oxygen atoms in total. The van der Waals surface area contributed by atoms with Crippen LogP contribution in [0.5, 0.6) is 0 Å². The van der Waals surface area contributed by atoms with Gasteiger partial charge in [-0.15, -0.1) is 5.11 Å². The number of azo groups is 1. The van der Waals surface area contributed by atoms with Crippen molar-refractivity contribution in [1.82, 2.24) is 10.2 Å². The van der Waals surface area contributed by atoms with E-state index in [-0.39, 0.29) is 17.9 Å². The molecule has 0 saturated carbocycles. The van der Waals surface area contributed by atoms with E-state index in [1.165, 1.54) is 0 Å². The van der Waals surface area contributed by atoms with Crippen molar-refractivity contribution in [3.8, 4) is 0 Å². The number of aromatic nitrogens is 2. The first-order valence-electron chi connectivity index (χ1n) is 5.47. The number of nitrogens with one attached hydrogen (secondary N) is 2. The lowest BCUT2D eigenvalue weighted by Gasteiger charge is -1.95. The Bertz CT molecular complexity index is 595. The molecule has 0 aliphatic rings. The van der Waals surface area contributed by atoms with Gasteiger partial charge in [0.15, 0.2) is 5.69 Å². The zero-order valence-electron chi connectivity index (χ0n) is 10.2. The number of benzene rings is 1. The number of hydrogen-bond acceptors (Lipinski definition) is 4. The van der Waals surface area contributed by atoms with Gasteiger partial charge in [-0.05, 0) is 19.1 Å². The smallest absolute Gasteiger partial charge is 0.292 e. The number of H-pyrrole nitrogens is 2. The average molecular weight is 246 g/mol. The van der Waals surface area contributed by atoms with Crippen molar-refractivity contribution in [2.75, 3.05) is 7.11 Å². The van der Waals surface area contributed by atoms with E-state index in [0.717, 1.165) is 5.56 Å². The van der Waals surface area contributed by atoms with Crippen molar-refractivity contribution in [2.24, 2.45) is 10.2 Å². The van der Waals surface area contributed by atoms with Crippen molar-refractivity contribution in [3.05, 3.63) is 45.9 Å². The van der Waals surface area contributed by atoms with Gasteiger partial charge in [0.2, 0.25) is 0 Å². The Kier molecular flexibility index (Phi) is 3.69. The summed E-state index contributed by atoms with van der Waals surface area (Å²) in [5, 5.41) is 13.1. The lowest BCUT2D eigenvalue weighted by atomic mass is 10.2. The quantitative estimate of drug-likeness (QED) is 0.813. The van der Waals surface area contributed by atoms with Crippen molar-refractivity contribution in [1.29, 1.82) is 0 Å². The number of hydrogen-bond donors (Lipinski definition) is 2. The minimum absolute atomic E-state index is 0.248. The Morgan fingerprint density at radius 1 is 1.17 bits per heavy atom. The average Bonchev–Trinajstić information content (AvgIpc) is 2.71. The van der Waals surface area contributed by atoms with Gasteiger partial charge >= 0.3 is 0 Å². The normalized spacial score (nSPS) is 11.2. The molecule has 0 atom stereocenters. The Hall–Kier alpha value is -2.21. The molecule has 94 valence electrons. The van der Waals surface area contributed by atoms with E-state index in [4.69, 9.17) is 4.74 Å². The third-order valence-electron chi connectivity index (χ3n) is 2.42. The minimum atomic E-state index is -0.307. The van der Waals surface area contributed by atoms with E-state index in [2.05, 4.69) is 20.4 Å². The molecule has 18 heavy (non-hydrogen) atoms. The molecule has 0 saturated heterocycles. The van der Waals surface area contributed by atoms with E-state index < -0.39 is 0 Å². The Balaban J connectivity index is 2.25. The van der Waals surface area contributed by atoms with Gasteiger partial charge in [-0.1, -0.05) is 17.7 Å². The van der Waals surface area contributed by atoms with Crippen LogP contribution in [0, 0.1) is 6.92 Å². The van der Waals surface area contributed by atoms with Gasteiger partial charge in [0.25, 0.3) is 5.56 Å². The molecule has 0 amide bonds. The molecule has 0 fully saturated rings. The number of aromatic amines is 2. The largest absolute Gasteiger partial charge is 0.378 e. The van der Waals surface area contributed by atoms with E-state index >= 15 is 0 Å². The fraction of sp³-hybridized carbons (Fsp3) is 0.250. The summed E-state index contributed by atoms with van der Waals surface area (Å²) in [7, 11) is 1.55. The van der Waals surface area contributed by atoms with Crippen molar-refractivity contribution in [2.45, 2.75) is 13.5 Å². The summed E-state index contributed by atoms with van der Waals surface area (Å²) in [6.07, 6.45) is 0. The molecular formula is C12H14N4O2. The van der Waals surface area contributed by atoms with Gasteiger partial charge in [0, 0.05) is 7.11 Å². The second-order valence-electron chi connectivity index (χ2n) is 3.87. The topological polar surface area (TPSA) is 82.6 Å². The van der Waals surface area contributed by atoms with Crippen molar-refractivity contribution >= 4 is 11.4 Å². The SMILES string of the molecule is COCc1[nH][nH]c(=O)c1N=Nc1ccc(C)cc1. The first-order chi connectivity index (χ1) is 8.70.